The van der Waals surface area contributed by atoms with Gasteiger partial charge in [-0.1, -0.05) is 18.6 Å². The van der Waals surface area contributed by atoms with Crippen molar-refractivity contribution in [1.29, 1.82) is 0 Å². The maximum atomic E-state index is 13.0. The molecule has 1 aromatic heterocycles. The molecule has 0 unspecified atom stereocenters. The van der Waals surface area contributed by atoms with Gasteiger partial charge in [-0.05, 0) is 43.5 Å². The van der Waals surface area contributed by atoms with E-state index in [-0.39, 0.29) is 5.91 Å². The van der Waals surface area contributed by atoms with Gasteiger partial charge in [0.2, 0.25) is 0 Å². The van der Waals surface area contributed by atoms with Gasteiger partial charge in [-0.15, -0.1) is 0 Å². The van der Waals surface area contributed by atoms with Gasteiger partial charge < -0.3 is 9.64 Å². The lowest BCUT2D eigenvalue weighted by Gasteiger charge is -2.36. The number of benzene rings is 1. The number of hydrogen-bond donors (Lipinski definition) is 0. The van der Waals surface area contributed by atoms with Crippen LogP contribution in [-0.4, -0.2) is 52.9 Å². The zero-order valence-electron chi connectivity index (χ0n) is 15.7. The number of aromatic nitrogens is 1. The third-order valence-corrected chi connectivity index (χ3v) is 5.62. The SMILES string of the molecule is O=C(c1cccc(OCc2cccnc2)c1)N1CCCN(C2CCC2)CC1. The third kappa shape index (κ3) is 4.48. The van der Waals surface area contributed by atoms with Gasteiger partial charge >= 0.3 is 0 Å². The first-order valence-electron chi connectivity index (χ1n) is 9.95. The molecule has 2 aliphatic rings. The number of rotatable bonds is 5. The summed E-state index contributed by atoms with van der Waals surface area (Å²) < 4.78 is 5.85. The van der Waals surface area contributed by atoms with Crippen molar-refractivity contribution in [2.75, 3.05) is 26.2 Å². The van der Waals surface area contributed by atoms with Crippen molar-refractivity contribution >= 4 is 5.91 Å². The molecule has 2 aromatic rings. The van der Waals surface area contributed by atoms with Gasteiger partial charge in [-0.2, -0.15) is 0 Å². The van der Waals surface area contributed by atoms with E-state index in [1.54, 1.807) is 12.4 Å². The van der Waals surface area contributed by atoms with Gasteiger partial charge in [0, 0.05) is 55.7 Å². The molecule has 5 nitrogen and oxygen atoms in total. The van der Waals surface area contributed by atoms with Crippen molar-refractivity contribution in [2.24, 2.45) is 0 Å². The van der Waals surface area contributed by atoms with Crippen molar-refractivity contribution in [3.63, 3.8) is 0 Å². The molecular weight excluding hydrogens is 338 g/mol. The average Bonchev–Trinajstić information content (AvgIpc) is 2.92. The summed E-state index contributed by atoms with van der Waals surface area (Å²) in [6.07, 6.45) is 8.60. The van der Waals surface area contributed by atoms with E-state index in [0.717, 1.165) is 50.0 Å². The van der Waals surface area contributed by atoms with Crippen LogP contribution in [0.1, 0.15) is 41.6 Å². The third-order valence-electron chi connectivity index (χ3n) is 5.62. The Bertz CT molecular complexity index is 761. The highest BCUT2D eigenvalue weighted by atomic mass is 16.5. The second kappa shape index (κ2) is 8.53. The second-order valence-corrected chi connectivity index (χ2v) is 7.44. The maximum absolute atomic E-state index is 13.0. The quantitative estimate of drug-likeness (QED) is 0.815. The highest BCUT2D eigenvalue weighted by Gasteiger charge is 2.28. The molecule has 1 saturated heterocycles. The highest BCUT2D eigenvalue weighted by molar-refractivity contribution is 5.94. The minimum absolute atomic E-state index is 0.109. The zero-order chi connectivity index (χ0) is 18.5. The Morgan fingerprint density at radius 3 is 2.78 bits per heavy atom. The van der Waals surface area contributed by atoms with Gasteiger partial charge in [0.15, 0.2) is 0 Å². The largest absolute Gasteiger partial charge is 0.489 e. The van der Waals surface area contributed by atoms with Crippen LogP contribution in [0.2, 0.25) is 0 Å². The lowest BCUT2D eigenvalue weighted by Crippen LogP contribution is -2.42. The fourth-order valence-corrected chi connectivity index (χ4v) is 3.81. The van der Waals surface area contributed by atoms with Crippen LogP contribution in [0.15, 0.2) is 48.8 Å². The lowest BCUT2D eigenvalue weighted by molar-refractivity contribution is 0.0749. The monoisotopic (exact) mass is 365 g/mol. The molecule has 2 fully saturated rings. The topological polar surface area (TPSA) is 45.7 Å². The maximum Gasteiger partial charge on any atom is 0.254 e. The van der Waals surface area contributed by atoms with Crippen LogP contribution in [0.25, 0.3) is 0 Å². The molecule has 0 atom stereocenters. The van der Waals surface area contributed by atoms with Crippen LogP contribution in [0.4, 0.5) is 0 Å². The first kappa shape index (κ1) is 18.0. The second-order valence-electron chi connectivity index (χ2n) is 7.44. The predicted molar refractivity (Wildman–Crippen MR) is 105 cm³/mol. The summed E-state index contributed by atoms with van der Waals surface area (Å²) in [7, 11) is 0. The Morgan fingerprint density at radius 2 is 2.00 bits per heavy atom. The fraction of sp³-hybridized carbons (Fsp3) is 0.455. The molecule has 0 N–H and O–H groups in total. The average molecular weight is 365 g/mol. The van der Waals surface area contributed by atoms with Gasteiger partial charge in [-0.3, -0.25) is 14.7 Å². The molecular formula is C22H27N3O2. The van der Waals surface area contributed by atoms with Crippen LogP contribution in [-0.2, 0) is 6.61 Å². The summed E-state index contributed by atoms with van der Waals surface area (Å²) in [6.45, 7) is 4.21. The van der Waals surface area contributed by atoms with Gasteiger partial charge in [0.25, 0.3) is 5.91 Å². The normalized spacial score (nSPS) is 18.6. The Labute approximate surface area is 161 Å². The van der Waals surface area contributed by atoms with Crippen molar-refractivity contribution in [3.8, 4) is 5.75 Å². The molecule has 0 radical (unpaired) electrons. The predicted octanol–water partition coefficient (Wildman–Crippen LogP) is 3.36. The van der Waals surface area contributed by atoms with Crippen LogP contribution in [0.3, 0.4) is 0 Å². The summed E-state index contributed by atoms with van der Waals surface area (Å²) in [5.74, 6) is 0.827. The Balaban J connectivity index is 1.36. The molecule has 1 saturated carbocycles. The summed E-state index contributed by atoms with van der Waals surface area (Å²) in [6, 6.07) is 12.2. The number of nitrogens with zero attached hydrogens (tertiary/aromatic N) is 3. The van der Waals surface area contributed by atoms with Crippen LogP contribution in [0.5, 0.6) is 5.75 Å². The first-order valence-corrected chi connectivity index (χ1v) is 9.95. The van der Waals surface area contributed by atoms with Crippen LogP contribution >= 0.6 is 0 Å². The van der Waals surface area contributed by atoms with E-state index in [1.165, 1.54) is 19.3 Å². The number of hydrogen-bond acceptors (Lipinski definition) is 4. The van der Waals surface area contributed by atoms with Crippen molar-refractivity contribution in [3.05, 3.63) is 59.9 Å². The molecule has 5 heteroatoms. The highest BCUT2D eigenvalue weighted by Crippen LogP contribution is 2.26. The lowest BCUT2D eigenvalue weighted by atomic mass is 9.91. The summed E-state index contributed by atoms with van der Waals surface area (Å²) in [5.41, 5.74) is 1.72. The summed E-state index contributed by atoms with van der Waals surface area (Å²) in [4.78, 5) is 21.7. The molecule has 1 aliphatic carbocycles. The van der Waals surface area contributed by atoms with E-state index < -0.39 is 0 Å². The Kier molecular flexibility index (Phi) is 5.68. The zero-order valence-corrected chi connectivity index (χ0v) is 15.7. The molecule has 0 spiro atoms. The number of pyridine rings is 1. The summed E-state index contributed by atoms with van der Waals surface area (Å²) >= 11 is 0. The molecule has 27 heavy (non-hydrogen) atoms. The molecule has 142 valence electrons. The van der Waals surface area contributed by atoms with Crippen molar-refractivity contribution in [1.82, 2.24) is 14.8 Å². The fourth-order valence-electron chi connectivity index (χ4n) is 3.81. The Morgan fingerprint density at radius 1 is 1.07 bits per heavy atom. The van der Waals surface area contributed by atoms with Crippen molar-refractivity contribution < 1.29 is 9.53 Å². The van der Waals surface area contributed by atoms with Crippen LogP contribution < -0.4 is 4.74 Å². The molecule has 0 bridgehead atoms. The number of ether oxygens (including phenoxy) is 1. The minimum Gasteiger partial charge on any atom is -0.489 e. The number of carbonyl (C=O) groups excluding carboxylic acids is 1. The molecule has 2 heterocycles. The van der Waals surface area contributed by atoms with E-state index in [4.69, 9.17) is 4.74 Å². The van der Waals surface area contributed by atoms with Crippen LogP contribution in [0, 0.1) is 0 Å². The smallest absolute Gasteiger partial charge is 0.254 e. The van der Waals surface area contributed by atoms with Gasteiger partial charge in [-0.25, -0.2) is 0 Å². The molecule has 1 amide bonds. The molecule has 1 aliphatic heterocycles. The van der Waals surface area contributed by atoms with Crippen molar-refractivity contribution in [2.45, 2.75) is 38.3 Å². The first-order chi connectivity index (χ1) is 13.3. The van der Waals surface area contributed by atoms with E-state index in [2.05, 4.69) is 9.88 Å². The van der Waals surface area contributed by atoms with E-state index >= 15 is 0 Å². The van der Waals surface area contributed by atoms with E-state index in [9.17, 15) is 4.79 Å². The molecule has 1 aromatic carbocycles. The number of carbonyl (C=O) groups is 1. The minimum atomic E-state index is 0.109. The number of amides is 1. The standard InChI is InChI=1S/C22H27N3O2/c26-22(25-12-4-11-24(13-14-25)20-7-2-8-20)19-6-1-9-21(15-19)27-17-18-5-3-10-23-16-18/h1,3,5-6,9-10,15-16,20H,2,4,7-8,11-14,17H2. The van der Waals surface area contributed by atoms with Gasteiger partial charge in [0.1, 0.15) is 12.4 Å². The summed E-state index contributed by atoms with van der Waals surface area (Å²) in [5, 5.41) is 0. The molecule has 4 rings (SSSR count). The van der Waals surface area contributed by atoms with E-state index in [0.29, 0.717) is 12.2 Å². The van der Waals surface area contributed by atoms with E-state index in [1.807, 2.05) is 41.3 Å². The van der Waals surface area contributed by atoms with Gasteiger partial charge in [0.05, 0.1) is 0 Å². The Hall–Kier alpha value is -2.40.